The fraction of sp³-hybridized carbons (Fsp3) is 0.357. The second kappa shape index (κ2) is 4.35. The molecule has 0 spiro atoms. The minimum atomic E-state index is -0.178. The molecule has 1 fully saturated rings. The van der Waals surface area contributed by atoms with Crippen LogP contribution in [0.3, 0.4) is 0 Å². The van der Waals surface area contributed by atoms with Crippen molar-refractivity contribution in [1.82, 2.24) is 4.98 Å². The highest BCUT2D eigenvalue weighted by Crippen LogP contribution is 2.43. The molecule has 2 nitrogen and oxygen atoms in total. The summed E-state index contributed by atoms with van der Waals surface area (Å²) in [5.41, 5.74) is 9.12. The molecule has 0 bridgehead atoms. The predicted molar refractivity (Wildman–Crippen MR) is 72.4 cm³/mol. The van der Waals surface area contributed by atoms with E-state index in [0.29, 0.717) is 11.0 Å². The lowest BCUT2D eigenvalue weighted by Gasteiger charge is -2.05. The van der Waals surface area contributed by atoms with Gasteiger partial charge < -0.3 is 5.73 Å². The molecule has 0 radical (unpaired) electrons. The molecule has 0 saturated heterocycles. The van der Waals surface area contributed by atoms with Crippen LogP contribution < -0.4 is 5.73 Å². The van der Waals surface area contributed by atoms with Crippen LogP contribution in [0.2, 0.25) is 0 Å². The monoisotopic (exact) mass is 262 g/mol. The van der Waals surface area contributed by atoms with Crippen LogP contribution >= 0.6 is 11.3 Å². The summed E-state index contributed by atoms with van der Waals surface area (Å²) in [5.74, 6) is 0.428. The first-order valence-corrected chi connectivity index (χ1v) is 6.95. The molecule has 94 valence electrons. The first kappa shape index (κ1) is 11.7. The van der Waals surface area contributed by atoms with Gasteiger partial charge in [0.05, 0.1) is 5.69 Å². The second-order valence-electron chi connectivity index (χ2n) is 4.88. The van der Waals surface area contributed by atoms with Gasteiger partial charge in [-0.1, -0.05) is 6.07 Å². The van der Waals surface area contributed by atoms with Crippen molar-refractivity contribution < 1.29 is 4.39 Å². The van der Waals surface area contributed by atoms with Crippen molar-refractivity contribution in [3.63, 3.8) is 0 Å². The highest BCUT2D eigenvalue weighted by atomic mass is 32.1. The first-order valence-electron chi connectivity index (χ1n) is 6.13. The van der Waals surface area contributed by atoms with Crippen LogP contribution in [0.25, 0.3) is 0 Å². The number of hydrogen-bond donors (Lipinski definition) is 1. The van der Waals surface area contributed by atoms with E-state index in [9.17, 15) is 4.39 Å². The van der Waals surface area contributed by atoms with Crippen molar-refractivity contribution in [3.8, 4) is 0 Å². The lowest BCUT2D eigenvalue weighted by Crippen LogP contribution is -1.94. The van der Waals surface area contributed by atoms with Gasteiger partial charge in [-0.05, 0) is 43.0 Å². The number of aryl methyl sites for hydroxylation is 1. The van der Waals surface area contributed by atoms with Gasteiger partial charge in [0, 0.05) is 17.2 Å². The van der Waals surface area contributed by atoms with E-state index >= 15 is 0 Å². The summed E-state index contributed by atoms with van der Waals surface area (Å²) in [6.45, 7) is 1.94. The summed E-state index contributed by atoms with van der Waals surface area (Å²) < 4.78 is 13.1. The smallest absolute Gasteiger partial charge is 0.180 e. The molecule has 2 aromatic rings. The molecule has 1 heterocycles. The van der Waals surface area contributed by atoms with E-state index in [4.69, 9.17) is 5.73 Å². The Morgan fingerprint density at radius 1 is 1.44 bits per heavy atom. The Morgan fingerprint density at radius 3 is 2.89 bits per heavy atom. The SMILES string of the molecule is Cc1cc(F)ccc1Cc1sc(N)nc1C1CC1. The van der Waals surface area contributed by atoms with E-state index in [-0.39, 0.29) is 5.82 Å². The van der Waals surface area contributed by atoms with Crippen LogP contribution in [0, 0.1) is 12.7 Å². The molecule has 0 atom stereocenters. The minimum absolute atomic E-state index is 0.178. The van der Waals surface area contributed by atoms with E-state index in [1.807, 2.05) is 13.0 Å². The van der Waals surface area contributed by atoms with E-state index in [1.54, 1.807) is 17.4 Å². The zero-order chi connectivity index (χ0) is 12.7. The number of nitrogens with zero attached hydrogens (tertiary/aromatic N) is 1. The molecule has 18 heavy (non-hydrogen) atoms. The van der Waals surface area contributed by atoms with Crippen LogP contribution in [-0.2, 0) is 6.42 Å². The number of halogens is 1. The summed E-state index contributed by atoms with van der Waals surface area (Å²) in [6, 6.07) is 4.96. The molecule has 0 unspecified atom stereocenters. The van der Waals surface area contributed by atoms with Crippen molar-refractivity contribution in [1.29, 1.82) is 0 Å². The molecule has 1 saturated carbocycles. The predicted octanol–water partition coefficient (Wildman–Crippen LogP) is 3.64. The zero-order valence-electron chi connectivity index (χ0n) is 10.2. The van der Waals surface area contributed by atoms with Crippen molar-refractivity contribution in [2.45, 2.75) is 32.1 Å². The van der Waals surface area contributed by atoms with Gasteiger partial charge in [-0.25, -0.2) is 9.37 Å². The number of anilines is 1. The zero-order valence-corrected chi connectivity index (χ0v) is 11.1. The van der Waals surface area contributed by atoms with Gasteiger partial charge in [0.15, 0.2) is 5.13 Å². The Labute approximate surface area is 110 Å². The number of aromatic nitrogens is 1. The highest BCUT2D eigenvalue weighted by molar-refractivity contribution is 7.15. The molecular formula is C14H15FN2S. The van der Waals surface area contributed by atoms with Gasteiger partial charge in [0.1, 0.15) is 5.82 Å². The maximum absolute atomic E-state index is 13.1. The molecule has 1 aromatic heterocycles. The largest absolute Gasteiger partial charge is 0.375 e. The van der Waals surface area contributed by atoms with Crippen molar-refractivity contribution >= 4 is 16.5 Å². The third-order valence-corrected chi connectivity index (χ3v) is 4.26. The van der Waals surface area contributed by atoms with Crippen molar-refractivity contribution in [2.75, 3.05) is 5.73 Å². The average molecular weight is 262 g/mol. The molecule has 1 aliphatic rings. The number of hydrogen-bond acceptors (Lipinski definition) is 3. The van der Waals surface area contributed by atoms with Gasteiger partial charge in [-0.2, -0.15) is 0 Å². The number of benzene rings is 1. The summed E-state index contributed by atoms with van der Waals surface area (Å²) in [4.78, 5) is 5.68. The van der Waals surface area contributed by atoms with Crippen LogP contribution in [0.4, 0.5) is 9.52 Å². The molecule has 4 heteroatoms. The fourth-order valence-corrected chi connectivity index (χ4v) is 3.16. The topological polar surface area (TPSA) is 38.9 Å². The fourth-order valence-electron chi connectivity index (χ4n) is 2.22. The maximum Gasteiger partial charge on any atom is 0.180 e. The molecule has 2 N–H and O–H groups in total. The Balaban J connectivity index is 1.91. The Bertz CT molecular complexity index is 587. The third kappa shape index (κ3) is 2.25. The van der Waals surface area contributed by atoms with E-state index in [1.165, 1.54) is 29.5 Å². The van der Waals surface area contributed by atoms with Crippen molar-refractivity contribution in [3.05, 3.63) is 45.7 Å². The second-order valence-corrected chi connectivity index (χ2v) is 6.00. The highest BCUT2D eigenvalue weighted by Gasteiger charge is 2.29. The van der Waals surface area contributed by atoms with E-state index in [2.05, 4.69) is 4.98 Å². The maximum atomic E-state index is 13.1. The Hall–Kier alpha value is -1.42. The number of nitrogen functional groups attached to an aromatic ring is 1. The van der Waals surface area contributed by atoms with Crippen LogP contribution in [-0.4, -0.2) is 4.98 Å². The summed E-state index contributed by atoms with van der Waals surface area (Å²) >= 11 is 1.56. The Kier molecular flexibility index (Phi) is 2.82. The van der Waals surface area contributed by atoms with E-state index < -0.39 is 0 Å². The first-order chi connectivity index (χ1) is 8.63. The molecule has 0 amide bonds. The van der Waals surface area contributed by atoms with Gasteiger partial charge in [-0.15, -0.1) is 11.3 Å². The minimum Gasteiger partial charge on any atom is -0.375 e. The quantitative estimate of drug-likeness (QED) is 0.917. The molecular weight excluding hydrogens is 247 g/mol. The van der Waals surface area contributed by atoms with Gasteiger partial charge in [0.25, 0.3) is 0 Å². The average Bonchev–Trinajstić information content (AvgIpc) is 3.08. The number of thiazole rings is 1. The number of rotatable bonds is 3. The summed E-state index contributed by atoms with van der Waals surface area (Å²) in [5, 5.41) is 0.645. The van der Waals surface area contributed by atoms with Gasteiger partial charge in [0.2, 0.25) is 0 Å². The van der Waals surface area contributed by atoms with Crippen molar-refractivity contribution in [2.24, 2.45) is 0 Å². The molecule has 3 rings (SSSR count). The van der Waals surface area contributed by atoms with Gasteiger partial charge >= 0.3 is 0 Å². The lowest BCUT2D eigenvalue weighted by atomic mass is 10.0. The third-order valence-electron chi connectivity index (χ3n) is 3.36. The molecule has 0 aliphatic heterocycles. The molecule has 1 aliphatic carbocycles. The normalized spacial score (nSPS) is 15.0. The standard InChI is InChI=1S/C14H15FN2S/c1-8-6-11(15)5-4-10(8)7-12-13(9-2-3-9)17-14(16)18-12/h4-6,9H,2-3,7H2,1H3,(H2,16,17). The van der Waals surface area contributed by atoms with E-state index in [0.717, 1.165) is 17.5 Å². The summed E-state index contributed by atoms with van der Waals surface area (Å²) in [7, 11) is 0. The van der Waals surface area contributed by atoms with Crippen LogP contribution in [0.5, 0.6) is 0 Å². The Morgan fingerprint density at radius 2 is 2.22 bits per heavy atom. The van der Waals surface area contributed by atoms with Crippen LogP contribution in [0.1, 0.15) is 40.5 Å². The van der Waals surface area contributed by atoms with Crippen LogP contribution in [0.15, 0.2) is 18.2 Å². The number of nitrogens with two attached hydrogens (primary N) is 1. The molecule has 1 aromatic carbocycles. The lowest BCUT2D eigenvalue weighted by molar-refractivity contribution is 0.626. The van der Waals surface area contributed by atoms with Gasteiger partial charge in [-0.3, -0.25) is 0 Å². The summed E-state index contributed by atoms with van der Waals surface area (Å²) in [6.07, 6.45) is 3.25.